The van der Waals surface area contributed by atoms with Gasteiger partial charge in [0.25, 0.3) is 0 Å². The average molecular weight is 492 g/mol. The van der Waals surface area contributed by atoms with Crippen LogP contribution < -0.4 is 9.47 Å². The van der Waals surface area contributed by atoms with Crippen molar-refractivity contribution < 1.29 is 14.3 Å². The summed E-state index contributed by atoms with van der Waals surface area (Å²) < 4.78 is 12.7. The van der Waals surface area contributed by atoms with Gasteiger partial charge in [-0.15, -0.1) is 0 Å². The van der Waals surface area contributed by atoms with Gasteiger partial charge in [0.2, 0.25) is 0 Å². The van der Waals surface area contributed by atoms with E-state index in [1.165, 1.54) is 0 Å². The zero-order valence-electron chi connectivity index (χ0n) is 15.2. The molecule has 0 bridgehead atoms. The molecule has 3 rings (SSSR count). The molecule has 2 aromatic rings. The van der Waals surface area contributed by atoms with Crippen molar-refractivity contribution in [2.75, 3.05) is 14.2 Å². The largest absolute Gasteiger partial charge is 0.495 e. The lowest BCUT2D eigenvalue weighted by molar-refractivity contribution is -0.112. The molecule has 5 heteroatoms. The van der Waals surface area contributed by atoms with E-state index in [0.29, 0.717) is 0 Å². The molecule has 140 valence electrons. The second-order valence-corrected chi connectivity index (χ2v) is 7.96. The zero-order valence-corrected chi connectivity index (χ0v) is 18.4. The van der Waals surface area contributed by atoms with Crippen LogP contribution in [0.2, 0.25) is 0 Å². The molecule has 2 aromatic carbocycles. The fourth-order valence-electron chi connectivity index (χ4n) is 3.26. The summed E-state index contributed by atoms with van der Waals surface area (Å²) in [7, 11) is 3.27. The molecule has 0 amide bonds. The van der Waals surface area contributed by atoms with E-state index >= 15 is 0 Å². The van der Waals surface area contributed by atoms with Crippen molar-refractivity contribution in [1.82, 2.24) is 0 Å². The maximum atomic E-state index is 13.1. The van der Waals surface area contributed by atoms with Gasteiger partial charge in [-0.3, -0.25) is 4.79 Å². The third kappa shape index (κ3) is 4.36. The van der Waals surface area contributed by atoms with Crippen LogP contribution in [0.25, 0.3) is 12.2 Å². The van der Waals surface area contributed by atoms with E-state index in [4.69, 9.17) is 9.47 Å². The molecular weight excluding hydrogens is 472 g/mol. The first-order chi connectivity index (χ1) is 13.0. The number of Topliss-reactive ketones (excluding diaryl/α,β-unsaturated/α-hetero) is 1. The minimum Gasteiger partial charge on any atom is -0.495 e. The Morgan fingerprint density at radius 3 is 1.67 bits per heavy atom. The van der Waals surface area contributed by atoms with Gasteiger partial charge in [0.15, 0.2) is 5.78 Å². The van der Waals surface area contributed by atoms with Gasteiger partial charge < -0.3 is 9.47 Å². The highest BCUT2D eigenvalue weighted by Crippen LogP contribution is 2.35. The molecule has 0 spiro atoms. The van der Waals surface area contributed by atoms with Crippen LogP contribution >= 0.6 is 31.9 Å². The molecule has 27 heavy (non-hydrogen) atoms. The molecule has 1 fully saturated rings. The van der Waals surface area contributed by atoms with Crippen LogP contribution in [0.4, 0.5) is 0 Å². The number of carbonyl (C=O) groups is 1. The van der Waals surface area contributed by atoms with Crippen LogP contribution in [0.3, 0.4) is 0 Å². The summed E-state index contributed by atoms with van der Waals surface area (Å²) in [4.78, 5) is 13.1. The van der Waals surface area contributed by atoms with Crippen molar-refractivity contribution in [3.05, 3.63) is 67.6 Å². The van der Waals surface area contributed by atoms with Crippen molar-refractivity contribution in [2.24, 2.45) is 0 Å². The molecule has 0 radical (unpaired) electrons. The lowest BCUT2D eigenvalue weighted by Crippen LogP contribution is -2.12. The summed E-state index contributed by atoms with van der Waals surface area (Å²) in [5.41, 5.74) is 3.41. The predicted molar refractivity (Wildman–Crippen MR) is 116 cm³/mol. The summed E-state index contributed by atoms with van der Waals surface area (Å²) in [6, 6.07) is 11.6. The first-order valence-corrected chi connectivity index (χ1v) is 10.2. The Morgan fingerprint density at radius 1 is 0.815 bits per heavy atom. The standard InChI is InChI=1S/C22H20Br2O3/c1-26-21-16(8-4-10-18(21)23)12-14-6-3-7-15(20(14)25)13-17-9-5-11-19(24)22(17)27-2/h4-5,8-13H,3,6-7H2,1-2H3. The minimum atomic E-state index is 0.0882. The molecule has 0 heterocycles. The van der Waals surface area contributed by atoms with E-state index in [1.54, 1.807) is 14.2 Å². The Bertz CT molecular complexity index is 856. The van der Waals surface area contributed by atoms with Crippen LogP contribution in [0.15, 0.2) is 56.5 Å². The van der Waals surface area contributed by atoms with Gasteiger partial charge in [0.1, 0.15) is 11.5 Å². The molecular formula is C22H20Br2O3. The van der Waals surface area contributed by atoms with Crippen LogP contribution in [-0.4, -0.2) is 20.0 Å². The SMILES string of the molecule is COc1c(Br)cccc1C=C1CCCC(=Cc2cccc(Br)c2OC)C1=O. The maximum absolute atomic E-state index is 13.1. The van der Waals surface area contributed by atoms with Gasteiger partial charge in [-0.05, 0) is 75.4 Å². The second-order valence-electron chi connectivity index (χ2n) is 6.25. The molecule has 1 aliphatic carbocycles. The molecule has 0 N–H and O–H groups in total. The van der Waals surface area contributed by atoms with E-state index in [-0.39, 0.29) is 5.78 Å². The molecule has 1 saturated carbocycles. The van der Waals surface area contributed by atoms with Crippen LogP contribution in [0.5, 0.6) is 11.5 Å². The van der Waals surface area contributed by atoms with Crippen molar-refractivity contribution in [3.63, 3.8) is 0 Å². The normalized spacial score (nSPS) is 17.4. The number of ketones is 1. The topological polar surface area (TPSA) is 35.5 Å². The highest BCUT2D eigenvalue weighted by Gasteiger charge is 2.22. The number of hydrogen-bond acceptors (Lipinski definition) is 3. The zero-order chi connectivity index (χ0) is 19.4. The quantitative estimate of drug-likeness (QED) is 0.461. The molecule has 3 nitrogen and oxygen atoms in total. The minimum absolute atomic E-state index is 0.0882. The molecule has 0 aromatic heterocycles. The number of carbonyl (C=O) groups excluding carboxylic acids is 1. The van der Waals surface area contributed by atoms with E-state index in [1.807, 2.05) is 48.6 Å². The number of ether oxygens (including phenoxy) is 2. The number of benzene rings is 2. The molecule has 0 atom stereocenters. The average Bonchev–Trinajstić information content (AvgIpc) is 2.65. The number of methoxy groups -OCH3 is 2. The van der Waals surface area contributed by atoms with Crippen molar-refractivity contribution >= 4 is 49.8 Å². The van der Waals surface area contributed by atoms with Gasteiger partial charge in [0, 0.05) is 22.3 Å². The molecule has 0 unspecified atom stereocenters. The Kier molecular flexibility index (Phi) is 6.55. The van der Waals surface area contributed by atoms with Crippen molar-refractivity contribution in [3.8, 4) is 11.5 Å². The van der Waals surface area contributed by atoms with E-state index in [2.05, 4.69) is 31.9 Å². The number of hydrogen-bond donors (Lipinski definition) is 0. The van der Waals surface area contributed by atoms with Crippen LogP contribution in [0.1, 0.15) is 30.4 Å². The van der Waals surface area contributed by atoms with Gasteiger partial charge in [-0.25, -0.2) is 0 Å². The predicted octanol–water partition coefficient (Wildman–Crippen LogP) is 6.45. The number of rotatable bonds is 4. The highest BCUT2D eigenvalue weighted by molar-refractivity contribution is 9.10. The van der Waals surface area contributed by atoms with Gasteiger partial charge >= 0.3 is 0 Å². The van der Waals surface area contributed by atoms with Crippen molar-refractivity contribution in [2.45, 2.75) is 19.3 Å². The smallest absolute Gasteiger partial charge is 0.185 e. The van der Waals surface area contributed by atoms with Crippen LogP contribution in [0, 0.1) is 0 Å². The Balaban J connectivity index is 1.98. The van der Waals surface area contributed by atoms with E-state index in [9.17, 15) is 4.79 Å². The van der Waals surface area contributed by atoms with Gasteiger partial charge in [-0.1, -0.05) is 24.3 Å². The summed E-state index contributed by atoms with van der Waals surface area (Å²) in [5, 5.41) is 0. The third-order valence-electron chi connectivity index (χ3n) is 4.54. The Labute approximate surface area is 176 Å². The summed E-state index contributed by atoms with van der Waals surface area (Å²) in [5.74, 6) is 1.57. The van der Waals surface area contributed by atoms with E-state index < -0.39 is 0 Å². The Morgan fingerprint density at radius 2 is 1.26 bits per heavy atom. The maximum Gasteiger partial charge on any atom is 0.185 e. The fraction of sp³-hybridized carbons (Fsp3) is 0.227. The molecule has 0 aliphatic heterocycles. The number of halogens is 2. The molecule has 0 saturated heterocycles. The van der Waals surface area contributed by atoms with Crippen LogP contribution in [-0.2, 0) is 4.79 Å². The second kappa shape index (κ2) is 8.89. The lowest BCUT2D eigenvalue weighted by Gasteiger charge is -2.18. The summed E-state index contributed by atoms with van der Waals surface area (Å²) in [6.07, 6.45) is 6.35. The Hall–Kier alpha value is -1.85. The lowest BCUT2D eigenvalue weighted by atomic mass is 9.86. The summed E-state index contributed by atoms with van der Waals surface area (Å²) in [6.45, 7) is 0. The number of para-hydroxylation sites is 2. The third-order valence-corrected chi connectivity index (χ3v) is 5.79. The highest BCUT2D eigenvalue weighted by atomic mass is 79.9. The van der Waals surface area contributed by atoms with Gasteiger partial charge in [0.05, 0.1) is 23.2 Å². The van der Waals surface area contributed by atoms with E-state index in [0.717, 1.165) is 62.0 Å². The summed E-state index contributed by atoms with van der Waals surface area (Å²) >= 11 is 6.99. The molecule has 1 aliphatic rings. The first kappa shape index (κ1) is 19.9. The van der Waals surface area contributed by atoms with Crippen molar-refractivity contribution in [1.29, 1.82) is 0 Å². The monoisotopic (exact) mass is 490 g/mol. The van der Waals surface area contributed by atoms with Gasteiger partial charge in [-0.2, -0.15) is 0 Å². The number of allylic oxidation sites excluding steroid dienone is 2. The fourth-order valence-corrected chi connectivity index (χ4v) is 4.35. The first-order valence-electron chi connectivity index (χ1n) is 8.66.